The van der Waals surface area contributed by atoms with E-state index in [-0.39, 0.29) is 0 Å². The monoisotopic (exact) mass is 320 g/mol. The van der Waals surface area contributed by atoms with Crippen LogP contribution in [0.15, 0.2) is 65.8 Å². The third-order valence-corrected chi connectivity index (χ3v) is 3.97. The summed E-state index contributed by atoms with van der Waals surface area (Å²) in [6, 6.07) is 18.7. The summed E-state index contributed by atoms with van der Waals surface area (Å²) < 4.78 is 0. The lowest BCUT2D eigenvalue weighted by atomic mass is 10.1. The molecule has 0 spiro atoms. The lowest BCUT2D eigenvalue weighted by molar-refractivity contribution is 0.801. The van der Waals surface area contributed by atoms with Crippen molar-refractivity contribution >= 4 is 16.9 Å². The highest BCUT2D eigenvalue weighted by molar-refractivity contribution is 5.83. The van der Waals surface area contributed by atoms with Crippen LogP contribution in [0.3, 0.4) is 0 Å². The summed E-state index contributed by atoms with van der Waals surface area (Å²) in [4.78, 5) is 7.98. The predicted molar refractivity (Wildman–Crippen MR) is 101 cm³/mol. The zero-order valence-corrected chi connectivity index (χ0v) is 14.0. The average Bonchev–Trinajstić information content (AvgIpc) is 3.04. The maximum Gasteiger partial charge on any atom is 0.191 e. The first-order valence-corrected chi connectivity index (χ1v) is 8.48. The Balaban J connectivity index is 1.58. The van der Waals surface area contributed by atoms with Gasteiger partial charge < -0.3 is 15.6 Å². The van der Waals surface area contributed by atoms with E-state index < -0.39 is 0 Å². The smallest absolute Gasteiger partial charge is 0.191 e. The molecule has 4 heteroatoms. The number of rotatable bonds is 6. The maximum atomic E-state index is 4.65. The van der Waals surface area contributed by atoms with Crippen LogP contribution in [0, 0.1) is 0 Å². The summed E-state index contributed by atoms with van der Waals surface area (Å²) in [6.45, 7) is 4.47. The van der Waals surface area contributed by atoms with E-state index >= 15 is 0 Å². The fourth-order valence-electron chi connectivity index (χ4n) is 2.75. The molecule has 0 aliphatic heterocycles. The fraction of sp³-hybridized carbons (Fsp3) is 0.250. The van der Waals surface area contributed by atoms with Crippen molar-refractivity contribution in [3.63, 3.8) is 0 Å². The number of fused-ring (bicyclic) bond motifs is 1. The number of nitrogens with zero attached hydrogens (tertiary/aromatic N) is 1. The van der Waals surface area contributed by atoms with Gasteiger partial charge in [-0.2, -0.15) is 0 Å². The van der Waals surface area contributed by atoms with Crippen LogP contribution in [0.25, 0.3) is 10.9 Å². The molecular formula is C20H24N4. The topological polar surface area (TPSA) is 52.2 Å². The van der Waals surface area contributed by atoms with Gasteiger partial charge in [-0.15, -0.1) is 0 Å². The molecule has 0 fully saturated rings. The number of guanidine groups is 1. The van der Waals surface area contributed by atoms with Gasteiger partial charge in [0.15, 0.2) is 5.96 Å². The van der Waals surface area contributed by atoms with E-state index in [1.165, 1.54) is 22.0 Å². The van der Waals surface area contributed by atoms with Gasteiger partial charge in [0, 0.05) is 30.2 Å². The van der Waals surface area contributed by atoms with Crippen molar-refractivity contribution in [2.24, 2.45) is 4.99 Å². The third kappa shape index (κ3) is 4.16. The molecular weight excluding hydrogens is 296 g/mol. The number of nitrogens with one attached hydrogen (secondary N) is 3. The van der Waals surface area contributed by atoms with E-state index in [0.717, 1.165) is 25.5 Å². The van der Waals surface area contributed by atoms with Gasteiger partial charge in [-0.05, 0) is 30.5 Å². The molecule has 0 unspecified atom stereocenters. The van der Waals surface area contributed by atoms with Crippen LogP contribution in [0.2, 0.25) is 0 Å². The second-order valence-electron chi connectivity index (χ2n) is 5.72. The third-order valence-electron chi connectivity index (χ3n) is 3.97. The zero-order chi connectivity index (χ0) is 16.6. The molecule has 0 saturated carbocycles. The van der Waals surface area contributed by atoms with Gasteiger partial charge in [0.1, 0.15) is 0 Å². The molecule has 0 amide bonds. The molecule has 0 aliphatic rings. The molecule has 1 heterocycles. The van der Waals surface area contributed by atoms with Gasteiger partial charge in [0.2, 0.25) is 0 Å². The Labute approximate surface area is 143 Å². The maximum absolute atomic E-state index is 4.65. The van der Waals surface area contributed by atoms with Crippen LogP contribution in [0.5, 0.6) is 0 Å². The first-order chi connectivity index (χ1) is 11.9. The second-order valence-corrected chi connectivity index (χ2v) is 5.72. The Hall–Kier alpha value is -2.75. The zero-order valence-electron chi connectivity index (χ0n) is 14.0. The van der Waals surface area contributed by atoms with Crippen molar-refractivity contribution < 1.29 is 0 Å². The van der Waals surface area contributed by atoms with Crippen molar-refractivity contribution in [3.05, 3.63) is 71.9 Å². The molecule has 3 N–H and O–H groups in total. The highest BCUT2D eigenvalue weighted by Gasteiger charge is 2.03. The van der Waals surface area contributed by atoms with Crippen LogP contribution in [0.1, 0.15) is 18.1 Å². The second kappa shape index (κ2) is 8.20. The molecule has 0 aliphatic carbocycles. The van der Waals surface area contributed by atoms with E-state index in [9.17, 15) is 0 Å². The molecule has 3 rings (SSSR count). The minimum Gasteiger partial charge on any atom is -0.361 e. The molecule has 0 bridgehead atoms. The van der Waals surface area contributed by atoms with Gasteiger partial charge in [-0.25, -0.2) is 4.99 Å². The number of aromatic nitrogens is 1. The number of para-hydroxylation sites is 1. The molecule has 0 atom stereocenters. The van der Waals surface area contributed by atoms with Crippen LogP contribution in [-0.2, 0) is 13.0 Å². The van der Waals surface area contributed by atoms with Crippen molar-refractivity contribution in [2.45, 2.75) is 19.9 Å². The summed E-state index contributed by atoms with van der Waals surface area (Å²) in [5, 5.41) is 8.02. The predicted octanol–water partition coefficient (Wildman–Crippen LogP) is 3.47. The first-order valence-electron chi connectivity index (χ1n) is 8.48. The molecule has 0 saturated heterocycles. The Morgan fingerprint density at radius 3 is 2.62 bits per heavy atom. The van der Waals surface area contributed by atoms with Gasteiger partial charge in [-0.1, -0.05) is 48.5 Å². The normalized spacial score (nSPS) is 11.6. The van der Waals surface area contributed by atoms with Crippen LogP contribution in [-0.4, -0.2) is 24.0 Å². The molecule has 24 heavy (non-hydrogen) atoms. The molecule has 4 nitrogen and oxygen atoms in total. The van der Waals surface area contributed by atoms with Crippen molar-refractivity contribution in [1.29, 1.82) is 0 Å². The summed E-state index contributed by atoms with van der Waals surface area (Å²) in [5.41, 5.74) is 3.74. The Morgan fingerprint density at radius 2 is 1.79 bits per heavy atom. The van der Waals surface area contributed by atoms with E-state index in [1.54, 1.807) is 0 Å². The van der Waals surface area contributed by atoms with Crippen molar-refractivity contribution in [1.82, 2.24) is 15.6 Å². The summed E-state index contributed by atoms with van der Waals surface area (Å²) in [5.74, 6) is 0.862. The van der Waals surface area contributed by atoms with Crippen molar-refractivity contribution in [2.75, 3.05) is 13.1 Å². The summed E-state index contributed by atoms with van der Waals surface area (Å²) >= 11 is 0. The number of aromatic amines is 1. The SMILES string of the molecule is CCNC(=NCc1ccccc1)NCCc1c[nH]c2ccccc12. The number of aliphatic imine (C=N–C) groups is 1. The Kier molecular flexibility index (Phi) is 5.51. The quantitative estimate of drug-likeness (QED) is 0.481. The Morgan fingerprint density at radius 1 is 1.00 bits per heavy atom. The minimum absolute atomic E-state index is 0.684. The standard InChI is InChI=1S/C20H24N4/c1-2-21-20(24-14-16-8-4-3-5-9-16)22-13-12-17-15-23-19-11-7-6-10-18(17)19/h3-11,15,23H,2,12-14H2,1H3,(H2,21,22,24). The van der Waals surface area contributed by atoms with Crippen LogP contribution in [0.4, 0.5) is 0 Å². The lowest BCUT2D eigenvalue weighted by Crippen LogP contribution is -2.38. The van der Waals surface area contributed by atoms with E-state index in [2.05, 4.69) is 70.1 Å². The average molecular weight is 320 g/mol. The van der Waals surface area contributed by atoms with E-state index in [0.29, 0.717) is 6.54 Å². The number of hydrogen-bond acceptors (Lipinski definition) is 1. The first kappa shape index (κ1) is 16.1. The summed E-state index contributed by atoms with van der Waals surface area (Å²) in [7, 11) is 0. The van der Waals surface area contributed by atoms with Gasteiger partial charge >= 0.3 is 0 Å². The highest BCUT2D eigenvalue weighted by atomic mass is 15.2. The fourth-order valence-corrected chi connectivity index (χ4v) is 2.75. The van der Waals surface area contributed by atoms with Gasteiger partial charge in [0.05, 0.1) is 6.54 Å². The highest BCUT2D eigenvalue weighted by Crippen LogP contribution is 2.17. The molecule has 124 valence electrons. The van der Waals surface area contributed by atoms with E-state index in [1.807, 2.05) is 18.2 Å². The van der Waals surface area contributed by atoms with Crippen molar-refractivity contribution in [3.8, 4) is 0 Å². The summed E-state index contributed by atoms with van der Waals surface area (Å²) in [6.07, 6.45) is 3.06. The minimum atomic E-state index is 0.684. The molecule has 1 aromatic heterocycles. The number of H-pyrrole nitrogens is 1. The molecule has 3 aromatic rings. The lowest BCUT2D eigenvalue weighted by Gasteiger charge is -2.11. The number of benzene rings is 2. The Bertz CT molecular complexity index is 790. The number of hydrogen-bond donors (Lipinski definition) is 3. The van der Waals surface area contributed by atoms with Crippen LogP contribution >= 0.6 is 0 Å². The van der Waals surface area contributed by atoms with Crippen LogP contribution < -0.4 is 10.6 Å². The van der Waals surface area contributed by atoms with Gasteiger partial charge in [0.25, 0.3) is 0 Å². The molecule has 2 aromatic carbocycles. The largest absolute Gasteiger partial charge is 0.361 e. The van der Waals surface area contributed by atoms with E-state index in [4.69, 9.17) is 0 Å². The van der Waals surface area contributed by atoms with Gasteiger partial charge in [-0.3, -0.25) is 0 Å². The molecule has 0 radical (unpaired) electrons.